The van der Waals surface area contributed by atoms with Gasteiger partial charge in [0.15, 0.2) is 0 Å². The Morgan fingerprint density at radius 2 is 2.00 bits per heavy atom. The van der Waals surface area contributed by atoms with E-state index in [4.69, 9.17) is 11.6 Å². The average Bonchev–Trinajstić information content (AvgIpc) is 2.49. The van der Waals surface area contributed by atoms with E-state index in [1.165, 1.54) is 16.7 Å². The minimum Gasteiger partial charge on any atom is -0.480 e. The number of likely N-dealkylation sites (tertiary alicyclic amines) is 1. The summed E-state index contributed by atoms with van der Waals surface area (Å²) >= 11 is 7.32. The maximum atomic E-state index is 12.2. The van der Waals surface area contributed by atoms with Crippen LogP contribution in [0.3, 0.4) is 0 Å². The number of carbonyl (C=O) groups is 2. The molecule has 1 aliphatic heterocycles. The molecule has 0 aromatic heterocycles. The molecule has 1 fully saturated rings. The molecule has 0 aliphatic carbocycles. The quantitative estimate of drug-likeness (QED) is 0.903. The first-order chi connectivity index (χ1) is 10.1. The summed E-state index contributed by atoms with van der Waals surface area (Å²) in [6.45, 7) is 0.553. The van der Waals surface area contributed by atoms with E-state index < -0.39 is 12.0 Å². The molecule has 6 heteroatoms. The highest BCUT2D eigenvalue weighted by atomic mass is 35.5. The molecule has 4 nitrogen and oxygen atoms in total. The van der Waals surface area contributed by atoms with Gasteiger partial charge in [-0.3, -0.25) is 4.79 Å². The van der Waals surface area contributed by atoms with E-state index in [1.54, 1.807) is 0 Å². The van der Waals surface area contributed by atoms with Crippen LogP contribution in [0, 0.1) is 0 Å². The van der Waals surface area contributed by atoms with Gasteiger partial charge in [0.05, 0.1) is 5.75 Å². The highest BCUT2D eigenvalue weighted by molar-refractivity contribution is 7.99. The van der Waals surface area contributed by atoms with Crippen LogP contribution in [0.15, 0.2) is 24.3 Å². The van der Waals surface area contributed by atoms with Crippen molar-refractivity contribution in [1.82, 2.24) is 4.90 Å². The van der Waals surface area contributed by atoms with Gasteiger partial charge >= 0.3 is 5.97 Å². The molecule has 1 aliphatic rings. The lowest BCUT2D eigenvalue weighted by atomic mass is 10.0. The van der Waals surface area contributed by atoms with Crippen LogP contribution in [-0.2, 0) is 15.3 Å². The second kappa shape index (κ2) is 7.71. The maximum Gasteiger partial charge on any atom is 0.326 e. The number of hydrogen-bond acceptors (Lipinski definition) is 3. The fourth-order valence-electron chi connectivity index (χ4n) is 2.41. The Labute approximate surface area is 133 Å². The number of carboxylic acid groups (broad SMARTS) is 1. The summed E-state index contributed by atoms with van der Waals surface area (Å²) < 4.78 is 0. The number of aliphatic carboxylic acids is 1. The summed E-state index contributed by atoms with van der Waals surface area (Å²) in [5.74, 6) is 0.0489. The zero-order chi connectivity index (χ0) is 15.2. The molecule has 0 spiro atoms. The zero-order valence-electron chi connectivity index (χ0n) is 11.6. The van der Waals surface area contributed by atoms with Gasteiger partial charge in [0, 0.05) is 17.3 Å². The molecule has 1 atom stereocenters. The molecule has 1 unspecified atom stereocenters. The molecule has 1 aromatic rings. The van der Waals surface area contributed by atoms with Crippen LogP contribution in [0.1, 0.15) is 24.8 Å². The van der Waals surface area contributed by atoms with Crippen molar-refractivity contribution in [1.29, 1.82) is 0 Å². The predicted octanol–water partition coefficient (Wildman–Crippen LogP) is 3.04. The number of nitrogens with zero attached hydrogens (tertiary/aromatic N) is 1. The summed E-state index contributed by atoms with van der Waals surface area (Å²) in [6.07, 6.45) is 2.32. The van der Waals surface area contributed by atoms with Crippen molar-refractivity contribution in [3.63, 3.8) is 0 Å². The van der Waals surface area contributed by atoms with Crippen LogP contribution >= 0.6 is 23.4 Å². The summed E-state index contributed by atoms with van der Waals surface area (Å²) in [7, 11) is 0. The third-order valence-corrected chi connectivity index (χ3v) is 4.76. The first-order valence-corrected chi connectivity index (χ1v) is 8.45. The van der Waals surface area contributed by atoms with Gasteiger partial charge in [0.25, 0.3) is 0 Å². The van der Waals surface area contributed by atoms with Crippen LogP contribution < -0.4 is 0 Å². The van der Waals surface area contributed by atoms with Gasteiger partial charge in [-0.1, -0.05) is 23.7 Å². The van der Waals surface area contributed by atoms with Gasteiger partial charge in [-0.25, -0.2) is 4.79 Å². The Morgan fingerprint density at radius 3 is 2.67 bits per heavy atom. The number of thioether (sulfide) groups is 1. The van der Waals surface area contributed by atoms with E-state index in [9.17, 15) is 14.7 Å². The fourth-order valence-corrected chi connectivity index (χ4v) is 3.40. The molecular weight excluding hydrogens is 310 g/mol. The Morgan fingerprint density at radius 1 is 1.29 bits per heavy atom. The van der Waals surface area contributed by atoms with Gasteiger partial charge in [0.1, 0.15) is 6.04 Å². The maximum absolute atomic E-state index is 12.2. The van der Waals surface area contributed by atoms with E-state index in [0.29, 0.717) is 29.5 Å². The molecule has 114 valence electrons. The summed E-state index contributed by atoms with van der Waals surface area (Å²) in [6, 6.07) is 6.86. The molecule has 2 rings (SSSR count). The lowest BCUT2D eigenvalue weighted by Gasteiger charge is -2.32. The molecule has 1 saturated heterocycles. The Balaban J connectivity index is 1.83. The van der Waals surface area contributed by atoms with Crippen LogP contribution in [0.5, 0.6) is 0 Å². The molecule has 1 amide bonds. The number of carbonyl (C=O) groups excluding carboxylic acids is 1. The summed E-state index contributed by atoms with van der Waals surface area (Å²) in [4.78, 5) is 24.9. The van der Waals surface area contributed by atoms with Crippen LogP contribution in [0.2, 0.25) is 5.02 Å². The lowest BCUT2D eigenvalue weighted by molar-refractivity contribution is -0.150. The highest BCUT2D eigenvalue weighted by Crippen LogP contribution is 2.20. The normalized spacial score (nSPS) is 18.5. The molecule has 1 heterocycles. The van der Waals surface area contributed by atoms with Crippen LogP contribution in [0.4, 0.5) is 0 Å². The van der Waals surface area contributed by atoms with Gasteiger partial charge in [0.2, 0.25) is 5.91 Å². The Hall–Kier alpha value is -1.20. The minimum absolute atomic E-state index is 0.0823. The zero-order valence-corrected chi connectivity index (χ0v) is 13.2. The lowest BCUT2D eigenvalue weighted by Crippen LogP contribution is -2.48. The van der Waals surface area contributed by atoms with Gasteiger partial charge in [-0.2, -0.15) is 0 Å². The van der Waals surface area contributed by atoms with Gasteiger partial charge in [-0.15, -0.1) is 11.8 Å². The molecule has 1 aromatic carbocycles. The average molecular weight is 328 g/mol. The van der Waals surface area contributed by atoms with Crippen molar-refractivity contribution in [2.75, 3.05) is 12.3 Å². The van der Waals surface area contributed by atoms with Gasteiger partial charge in [-0.05, 0) is 37.0 Å². The fraction of sp³-hybridized carbons (Fsp3) is 0.467. The molecule has 0 radical (unpaired) electrons. The van der Waals surface area contributed by atoms with E-state index in [0.717, 1.165) is 18.4 Å². The molecular formula is C15H18ClNO3S. The number of rotatable bonds is 5. The van der Waals surface area contributed by atoms with Crippen LogP contribution in [0.25, 0.3) is 0 Å². The third-order valence-electron chi connectivity index (χ3n) is 3.52. The molecule has 0 saturated carbocycles. The first kappa shape index (κ1) is 16.2. The standard InChI is InChI=1S/C15H18ClNO3S/c16-12-6-4-11(5-7-12)9-21-10-14(18)17-8-2-1-3-13(17)15(19)20/h4-7,13H,1-3,8-10H2,(H,19,20). The number of hydrogen-bond donors (Lipinski definition) is 1. The van der Waals surface area contributed by atoms with Crippen molar-refractivity contribution in [2.24, 2.45) is 0 Å². The number of carboxylic acids is 1. The van der Waals surface area contributed by atoms with Crippen molar-refractivity contribution >= 4 is 35.2 Å². The van der Waals surface area contributed by atoms with Crippen molar-refractivity contribution in [3.8, 4) is 0 Å². The largest absolute Gasteiger partial charge is 0.480 e. The Kier molecular flexibility index (Phi) is 5.94. The van der Waals surface area contributed by atoms with Crippen molar-refractivity contribution in [3.05, 3.63) is 34.9 Å². The van der Waals surface area contributed by atoms with Crippen molar-refractivity contribution in [2.45, 2.75) is 31.1 Å². The second-order valence-electron chi connectivity index (χ2n) is 5.06. The molecule has 21 heavy (non-hydrogen) atoms. The van der Waals surface area contributed by atoms with E-state index in [2.05, 4.69) is 0 Å². The highest BCUT2D eigenvalue weighted by Gasteiger charge is 2.31. The number of halogens is 1. The number of benzene rings is 1. The summed E-state index contributed by atoms with van der Waals surface area (Å²) in [5, 5.41) is 9.87. The van der Waals surface area contributed by atoms with E-state index in [1.807, 2.05) is 24.3 Å². The van der Waals surface area contributed by atoms with E-state index in [-0.39, 0.29) is 5.91 Å². The van der Waals surface area contributed by atoms with Crippen molar-refractivity contribution < 1.29 is 14.7 Å². The number of piperidine rings is 1. The SMILES string of the molecule is O=C(O)C1CCCCN1C(=O)CSCc1ccc(Cl)cc1. The smallest absolute Gasteiger partial charge is 0.326 e. The molecule has 0 bridgehead atoms. The predicted molar refractivity (Wildman–Crippen MR) is 84.6 cm³/mol. The second-order valence-corrected chi connectivity index (χ2v) is 6.48. The summed E-state index contributed by atoms with van der Waals surface area (Å²) in [5.41, 5.74) is 1.10. The first-order valence-electron chi connectivity index (χ1n) is 6.92. The molecule has 1 N–H and O–H groups in total. The topological polar surface area (TPSA) is 57.6 Å². The minimum atomic E-state index is -0.897. The van der Waals surface area contributed by atoms with Gasteiger partial charge < -0.3 is 10.0 Å². The van der Waals surface area contributed by atoms with E-state index >= 15 is 0 Å². The third kappa shape index (κ3) is 4.64. The Bertz CT molecular complexity index is 506. The number of amides is 1. The van der Waals surface area contributed by atoms with Crippen LogP contribution in [-0.4, -0.2) is 40.2 Å². The monoisotopic (exact) mass is 327 g/mol.